The zero-order chi connectivity index (χ0) is 15.9. The zero-order valence-electron chi connectivity index (χ0n) is 13.8. The lowest BCUT2D eigenvalue weighted by molar-refractivity contribution is 0.606. The molecule has 0 fully saturated rings. The van der Waals surface area contributed by atoms with Gasteiger partial charge in [-0.15, -0.1) is 5.10 Å². The summed E-state index contributed by atoms with van der Waals surface area (Å²) < 4.78 is 0. The molecule has 0 radical (unpaired) electrons. The average Bonchev–Trinajstić information content (AvgIpc) is 2.48. The molecular weight excluding hydrogens is 274 g/mol. The van der Waals surface area contributed by atoms with Crippen molar-refractivity contribution < 1.29 is 0 Å². The highest BCUT2D eigenvalue weighted by Crippen LogP contribution is 2.19. The van der Waals surface area contributed by atoms with Gasteiger partial charge in [-0.25, -0.2) is 0 Å². The SMILES string of the molecule is CC(C)CCNc1cnnc(Nc2ccc(C(C)C)cc2)n1. The van der Waals surface area contributed by atoms with Gasteiger partial charge in [-0.2, -0.15) is 10.1 Å². The van der Waals surface area contributed by atoms with E-state index in [1.165, 1.54) is 5.56 Å². The molecule has 0 aliphatic rings. The maximum Gasteiger partial charge on any atom is 0.249 e. The van der Waals surface area contributed by atoms with Gasteiger partial charge in [0.1, 0.15) is 0 Å². The van der Waals surface area contributed by atoms with Crippen LogP contribution in [0.15, 0.2) is 30.5 Å². The first-order valence-electron chi connectivity index (χ1n) is 7.85. The lowest BCUT2D eigenvalue weighted by Crippen LogP contribution is -2.08. The summed E-state index contributed by atoms with van der Waals surface area (Å²) >= 11 is 0. The Bertz CT molecular complexity index is 578. The summed E-state index contributed by atoms with van der Waals surface area (Å²) in [5, 5.41) is 14.5. The molecule has 0 aliphatic carbocycles. The van der Waals surface area contributed by atoms with E-state index < -0.39 is 0 Å². The molecule has 0 aliphatic heterocycles. The largest absolute Gasteiger partial charge is 0.369 e. The van der Waals surface area contributed by atoms with Gasteiger partial charge in [-0.05, 0) is 36.0 Å². The van der Waals surface area contributed by atoms with Gasteiger partial charge in [0.25, 0.3) is 0 Å². The standard InChI is InChI=1S/C17H25N5/c1-12(2)9-10-18-16-11-19-22-17(21-16)20-15-7-5-14(6-8-15)13(3)4/h5-8,11-13H,9-10H2,1-4H3,(H2,18,20,21,22). The van der Waals surface area contributed by atoms with E-state index in [9.17, 15) is 0 Å². The monoisotopic (exact) mass is 299 g/mol. The van der Waals surface area contributed by atoms with Gasteiger partial charge in [0.05, 0.1) is 6.20 Å². The normalized spacial score (nSPS) is 11.0. The lowest BCUT2D eigenvalue weighted by atomic mass is 10.0. The van der Waals surface area contributed by atoms with E-state index in [4.69, 9.17) is 0 Å². The molecule has 0 saturated heterocycles. The highest BCUT2D eigenvalue weighted by Gasteiger charge is 2.03. The highest BCUT2D eigenvalue weighted by atomic mass is 15.3. The molecule has 0 atom stereocenters. The zero-order valence-corrected chi connectivity index (χ0v) is 13.8. The number of benzene rings is 1. The molecule has 5 heteroatoms. The molecule has 1 heterocycles. The molecule has 1 aromatic heterocycles. The summed E-state index contributed by atoms with van der Waals surface area (Å²) in [6.07, 6.45) is 2.75. The van der Waals surface area contributed by atoms with Crippen LogP contribution in [-0.4, -0.2) is 21.7 Å². The number of aromatic nitrogens is 3. The quantitative estimate of drug-likeness (QED) is 0.802. The van der Waals surface area contributed by atoms with E-state index in [-0.39, 0.29) is 0 Å². The van der Waals surface area contributed by atoms with Crippen LogP contribution < -0.4 is 10.6 Å². The van der Waals surface area contributed by atoms with Crippen molar-refractivity contribution >= 4 is 17.5 Å². The summed E-state index contributed by atoms with van der Waals surface area (Å²) in [6.45, 7) is 9.66. The van der Waals surface area contributed by atoms with Gasteiger partial charge in [0.15, 0.2) is 5.82 Å². The summed E-state index contributed by atoms with van der Waals surface area (Å²) in [7, 11) is 0. The Morgan fingerprint density at radius 3 is 2.41 bits per heavy atom. The molecular formula is C17H25N5. The second-order valence-electron chi connectivity index (χ2n) is 6.18. The molecule has 0 amide bonds. The fourth-order valence-corrected chi connectivity index (χ4v) is 2.01. The molecule has 118 valence electrons. The Hall–Kier alpha value is -2.17. The minimum atomic E-state index is 0.506. The van der Waals surface area contributed by atoms with Crippen molar-refractivity contribution in [2.45, 2.75) is 40.0 Å². The number of nitrogens with zero attached hydrogens (tertiary/aromatic N) is 3. The first-order chi connectivity index (χ1) is 10.5. The third-order valence-corrected chi connectivity index (χ3v) is 3.42. The minimum absolute atomic E-state index is 0.506. The van der Waals surface area contributed by atoms with Crippen LogP contribution in [0.2, 0.25) is 0 Å². The van der Waals surface area contributed by atoms with E-state index >= 15 is 0 Å². The van der Waals surface area contributed by atoms with E-state index in [0.29, 0.717) is 17.8 Å². The Balaban J connectivity index is 1.97. The van der Waals surface area contributed by atoms with Crippen molar-refractivity contribution in [3.63, 3.8) is 0 Å². The van der Waals surface area contributed by atoms with Crippen LogP contribution in [0.4, 0.5) is 17.5 Å². The van der Waals surface area contributed by atoms with Crippen molar-refractivity contribution in [2.75, 3.05) is 17.2 Å². The van der Waals surface area contributed by atoms with E-state index in [2.05, 4.69) is 65.6 Å². The topological polar surface area (TPSA) is 62.7 Å². The number of hydrogen-bond donors (Lipinski definition) is 2. The number of rotatable bonds is 7. The van der Waals surface area contributed by atoms with Crippen LogP contribution in [0.25, 0.3) is 0 Å². The summed E-state index contributed by atoms with van der Waals surface area (Å²) in [6, 6.07) is 8.31. The second kappa shape index (κ2) is 7.73. The molecule has 22 heavy (non-hydrogen) atoms. The molecule has 0 bridgehead atoms. The summed E-state index contributed by atoms with van der Waals surface area (Å²) in [5.74, 6) is 2.45. The van der Waals surface area contributed by atoms with Crippen molar-refractivity contribution in [3.8, 4) is 0 Å². The van der Waals surface area contributed by atoms with Crippen molar-refractivity contribution in [3.05, 3.63) is 36.0 Å². The van der Waals surface area contributed by atoms with E-state index in [1.54, 1.807) is 6.20 Å². The van der Waals surface area contributed by atoms with Gasteiger partial charge in [0.2, 0.25) is 5.95 Å². The molecule has 0 spiro atoms. The Labute approximate surface area is 132 Å². The Morgan fingerprint density at radius 2 is 1.77 bits per heavy atom. The van der Waals surface area contributed by atoms with Crippen molar-refractivity contribution in [1.82, 2.24) is 15.2 Å². The molecule has 2 rings (SSSR count). The third kappa shape index (κ3) is 4.98. The Morgan fingerprint density at radius 1 is 1.05 bits per heavy atom. The Kier molecular flexibility index (Phi) is 5.69. The number of anilines is 3. The molecule has 2 aromatic rings. The fourth-order valence-electron chi connectivity index (χ4n) is 2.01. The number of nitrogens with one attached hydrogen (secondary N) is 2. The molecule has 5 nitrogen and oxygen atoms in total. The lowest BCUT2D eigenvalue weighted by Gasteiger charge is -2.10. The second-order valence-corrected chi connectivity index (χ2v) is 6.18. The van der Waals surface area contributed by atoms with Crippen LogP contribution >= 0.6 is 0 Å². The average molecular weight is 299 g/mol. The van der Waals surface area contributed by atoms with E-state index in [0.717, 1.165) is 24.5 Å². The van der Waals surface area contributed by atoms with Crippen LogP contribution in [0.3, 0.4) is 0 Å². The maximum atomic E-state index is 4.43. The predicted molar refractivity (Wildman–Crippen MR) is 91.6 cm³/mol. The van der Waals surface area contributed by atoms with E-state index in [1.807, 2.05) is 12.1 Å². The van der Waals surface area contributed by atoms with Crippen LogP contribution in [0.1, 0.15) is 45.6 Å². The van der Waals surface area contributed by atoms with Crippen LogP contribution in [0, 0.1) is 5.92 Å². The summed E-state index contributed by atoms with van der Waals surface area (Å²) in [5.41, 5.74) is 2.28. The van der Waals surface area contributed by atoms with Gasteiger partial charge in [0, 0.05) is 12.2 Å². The smallest absolute Gasteiger partial charge is 0.249 e. The molecule has 0 saturated carbocycles. The highest BCUT2D eigenvalue weighted by molar-refractivity contribution is 5.54. The van der Waals surface area contributed by atoms with Crippen molar-refractivity contribution in [2.24, 2.45) is 5.92 Å². The fraction of sp³-hybridized carbons (Fsp3) is 0.471. The van der Waals surface area contributed by atoms with Crippen LogP contribution in [0.5, 0.6) is 0 Å². The van der Waals surface area contributed by atoms with Gasteiger partial charge in [-0.1, -0.05) is 39.8 Å². The van der Waals surface area contributed by atoms with Crippen LogP contribution in [-0.2, 0) is 0 Å². The predicted octanol–water partition coefficient (Wildman–Crippen LogP) is 4.20. The summed E-state index contributed by atoms with van der Waals surface area (Å²) in [4.78, 5) is 4.43. The first-order valence-corrected chi connectivity index (χ1v) is 7.85. The molecule has 0 unspecified atom stereocenters. The maximum absolute atomic E-state index is 4.43. The first kappa shape index (κ1) is 16.2. The molecule has 2 N–H and O–H groups in total. The molecule has 1 aromatic carbocycles. The minimum Gasteiger partial charge on any atom is -0.369 e. The third-order valence-electron chi connectivity index (χ3n) is 3.42. The van der Waals surface area contributed by atoms with Gasteiger partial charge in [-0.3, -0.25) is 0 Å². The van der Waals surface area contributed by atoms with Gasteiger partial charge >= 0.3 is 0 Å². The number of hydrogen-bond acceptors (Lipinski definition) is 5. The van der Waals surface area contributed by atoms with Gasteiger partial charge < -0.3 is 10.6 Å². The van der Waals surface area contributed by atoms with Crippen molar-refractivity contribution in [1.29, 1.82) is 0 Å².